The van der Waals surface area contributed by atoms with Gasteiger partial charge < -0.3 is 9.84 Å². The van der Waals surface area contributed by atoms with E-state index in [1.807, 2.05) is 0 Å². The van der Waals surface area contributed by atoms with E-state index in [0.717, 1.165) is 0 Å². The number of rotatable bonds is 3. The Hall–Kier alpha value is -2.08. The summed E-state index contributed by atoms with van der Waals surface area (Å²) in [5.74, 6) is -1.02. The number of hydrogen-bond donors (Lipinski definition) is 1. The van der Waals surface area contributed by atoms with Crippen molar-refractivity contribution in [3.8, 4) is 0 Å². The van der Waals surface area contributed by atoms with E-state index in [1.165, 1.54) is 25.6 Å². The molecule has 1 aromatic rings. The van der Waals surface area contributed by atoms with Crippen LogP contribution >= 0.6 is 0 Å². The van der Waals surface area contributed by atoms with Crippen LogP contribution in [0.15, 0.2) is 40.8 Å². The number of carboxylic acid groups (broad SMARTS) is 1. The Morgan fingerprint density at radius 3 is 2.75 bits per heavy atom. The fourth-order valence-corrected chi connectivity index (χ4v) is 1.37. The SMILES string of the molecule is COC1(c2ccc(C(=O)O)cn2)C=CN=N1. The molecule has 1 aliphatic rings. The predicted octanol–water partition coefficient (Wildman–Crippen LogP) is 1.56. The number of nitrogens with zero attached hydrogens (tertiary/aromatic N) is 3. The van der Waals surface area contributed by atoms with Crippen LogP contribution in [0.2, 0.25) is 0 Å². The quantitative estimate of drug-likeness (QED) is 0.835. The topological polar surface area (TPSA) is 84.1 Å². The summed E-state index contributed by atoms with van der Waals surface area (Å²) in [5, 5.41) is 16.4. The maximum absolute atomic E-state index is 10.7. The molecule has 1 aromatic heterocycles. The number of azo groups is 1. The highest BCUT2D eigenvalue weighted by molar-refractivity contribution is 5.87. The van der Waals surface area contributed by atoms with Gasteiger partial charge in [0.1, 0.15) is 5.69 Å². The number of carboxylic acids is 1. The van der Waals surface area contributed by atoms with E-state index in [0.29, 0.717) is 5.69 Å². The number of ether oxygens (including phenoxy) is 1. The van der Waals surface area contributed by atoms with Crippen molar-refractivity contribution in [3.05, 3.63) is 41.9 Å². The van der Waals surface area contributed by atoms with Crippen LogP contribution in [-0.4, -0.2) is 23.2 Å². The van der Waals surface area contributed by atoms with Crippen LogP contribution in [0.25, 0.3) is 0 Å². The van der Waals surface area contributed by atoms with E-state index >= 15 is 0 Å². The summed E-state index contributed by atoms with van der Waals surface area (Å²) in [5.41, 5.74) is -0.400. The van der Waals surface area contributed by atoms with Crippen LogP contribution in [0.1, 0.15) is 16.1 Å². The van der Waals surface area contributed by atoms with Gasteiger partial charge >= 0.3 is 5.97 Å². The maximum atomic E-state index is 10.7. The normalized spacial score (nSPS) is 22.6. The van der Waals surface area contributed by atoms with Gasteiger partial charge in [-0.3, -0.25) is 4.98 Å². The molecule has 0 saturated carbocycles. The van der Waals surface area contributed by atoms with E-state index in [4.69, 9.17) is 9.84 Å². The molecular weight excluding hydrogens is 210 g/mol. The molecule has 1 N–H and O–H groups in total. The maximum Gasteiger partial charge on any atom is 0.337 e. The first-order chi connectivity index (χ1) is 7.68. The van der Waals surface area contributed by atoms with Gasteiger partial charge in [-0.05, 0) is 18.2 Å². The van der Waals surface area contributed by atoms with Gasteiger partial charge in [-0.15, -0.1) is 5.11 Å². The molecule has 16 heavy (non-hydrogen) atoms. The van der Waals surface area contributed by atoms with E-state index in [9.17, 15) is 4.79 Å². The van der Waals surface area contributed by atoms with E-state index in [2.05, 4.69) is 15.2 Å². The number of pyridine rings is 1. The second-order valence-corrected chi connectivity index (χ2v) is 3.17. The molecule has 82 valence electrons. The van der Waals surface area contributed by atoms with Gasteiger partial charge in [0.2, 0.25) is 5.72 Å². The minimum atomic E-state index is -1.02. The Labute approximate surface area is 91.3 Å². The molecule has 2 rings (SSSR count). The van der Waals surface area contributed by atoms with Crippen LogP contribution in [0.5, 0.6) is 0 Å². The van der Waals surface area contributed by atoms with Crippen molar-refractivity contribution in [2.75, 3.05) is 7.11 Å². The molecule has 0 bridgehead atoms. The first-order valence-corrected chi connectivity index (χ1v) is 4.53. The van der Waals surface area contributed by atoms with Crippen LogP contribution in [0.3, 0.4) is 0 Å². The van der Waals surface area contributed by atoms with E-state index < -0.39 is 11.7 Å². The van der Waals surface area contributed by atoms with Crippen molar-refractivity contribution < 1.29 is 14.6 Å². The van der Waals surface area contributed by atoms with Crippen LogP contribution < -0.4 is 0 Å². The molecule has 1 unspecified atom stereocenters. The minimum absolute atomic E-state index is 0.119. The summed E-state index contributed by atoms with van der Waals surface area (Å²) >= 11 is 0. The molecule has 0 fully saturated rings. The standard InChI is InChI=1S/C10H9N3O3/c1-16-10(4-5-12-13-10)8-3-2-7(6-11-8)9(14)15/h2-6H,1H3,(H,14,15). The molecule has 1 aliphatic heterocycles. The molecule has 2 heterocycles. The van der Waals surface area contributed by atoms with Crippen molar-refractivity contribution in [2.24, 2.45) is 10.2 Å². The summed E-state index contributed by atoms with van der Waals surface area (Å²) in [6.45, 7) is 0. The monoisotopic (exact) mass is 219 g/mol. The zero-order valence-corrected chi connectivity index (χ0v) is 8.49. The van der Waals surface area contributed by atoms with Crippen LogP contribution in [0, 0.1) is 0 Å². The number of carbonyl (C=O) groups is 1. The summed E-state index contributed by atoms with van der Waals surface area (Å²) in [6, 6.07) is 3.01. The number of methoxy groups -OCH3 is 1. The van der Waals surface area contributed by atoms with Gasteiger partial charge in [-0.2, -0.15) is 5.11 Å². The molecule has 0 amide bonds. The highest BCUT2D eigenvalue weighted by atomic mass is 16.5. The third-order valence-electron chi connectivity index (χ3n) is 2.26. The van der Waals surface area contributed by atoms with Crippen molar-refractivity contribution in [2.45, 2.75) is 5.72 Å². The number of hydrogen-bond acceptors (Lipinski definition) is 5. The van der Waals surface area contributed by atoms with Gasteiger partial charge in [-0.1, -0.05) is 0 Å². The lowest BCUT2D eigenvalue weighted by Crippen LogP contribution is -2.22. The largest absolute Gasteiger partial charge is 0.478 e. The second-order valence-electron chi connectivity index (χ2n) is 3.17. The van der Waals surface area contributed by atoms with Crippen molar-refractivity contribution in [3.63, 3.8) is 0 Å². The Kier molecular flexibility index (Phi) is 2.49. The molecule has 1 atom stereocenters. The number of aromatic nitrogens is 1. The Bertz CT molecular complexity index is 453. The first-order valence-electron chi connectivity index (χ1n) is 4.53. The third kappa shape index (κ3) is 1.59. The summed E-state index contributed by atoms with van der Waals surface area (Å²) in [7, 11) is 1.49. The molecule has 6 nitrogen and oxygen atoms in total. The molecule has 0 aromatic carbocycles. The molecular formula is C10H9N3O3. The number of aromatic carboxylic acids is 1. The molecule has 0 radical (unpaired) electrons. The van der Waals surface area contributed by atoms with Gasteiger partial charge in [0.25, 0.3) is 0 Å². The molecule has 0 aliphatic carbocycles. The Morgan fingerprint density at radius 2 is 2.31 bits per heavy atom. The zero-order chi connectivity index (χ0) is 11.6. The van der Waals surface area contributed by atoms with Crippen molar-refractivity contribution >= 4 is 5.97 Å². The lowest BCUT2D eigenvalue weighted by atomic mass is 10.1. The second kappa shape index (κ2) is 3.82. The Morgan fingerprint density at radius 1 is 1.50 bits per heavy atom. The van der Waals surface area contributed by atoms with Crippen LogP contribution in [-0.2, 0) is 10.5 Å². The average Bonchev–Trinajstić information content (AvgIpc) is 2.79. The lowest BCUT2D eigenvalue weighted by Gasteiger charge is -2.19. The lowest BCUT2D eigenvalue weighted by molar-refractivity contribution is 0.0319. The molecule has 6 heteroatoms. The average molecular weight is 219 g/mol. The fourth-order valence-electron chi connectivity index (χ4n) is 1.37. The fraction of sp³-hybridized carbons (Fsp3) is 0.200. The zero-order valence-electron chi connectivity index (χ0n) is 8.49. The van der Waals surface area contributed by atoms with Crippen LogP contribution in [0.4, 0.5) is 0 Å². The minimum Gasteiger partial charge on any atom is -0.478 e. The highest BCUT2D eigenvalue weighted by Gasteiger charge is 2.33. The molecule has 0 saturated heterocycles. The molecule has 0 spiro atoms. The predicted molar refractivity (Wildman–Crippen MR) is 53.9 cm³/mol. The summed E-state index contributed by atoms with van der Waals surface area (Å²) in [6.07, 6.45) is 4.42. The third-order valence-corrected chi connectivity index (χ3v) is 2.26. The van der Waals surface area contributed by atoms with Gasteiger partial charge in [0.05, 0.1) is 11.8 Å². The first kappa shape index (κ1) is 10.4. The van der Waals surface area contributed by atoms with Gasteiger partial charge in [0.15, 0.2) is 0 Å². The highest BCUT2D eigenvalue weighted by Crippen LogP contribution is 2.30. The summed E-state index contributed by atoms with van der Waals surface area (Å²) in [4.78, 5) is 14.7. The van der Waals surface area contributed by atoms with Crippen molar-refractivity contribution in [1.82, 2.24) is 4.98 Å². The summed E-state index contributed by atoms with van der Waals surface area (Å²) < 4.78 is 5.23. The van der Waals surface area contributed by atoms with Crippen molar-refractivity contribution in [1.29, 1.82) is 0 Å². The smallest absolute Gasteiger partial charge is 0.337 e. The van der Waals surface area contributed by atoms with Gasteiger partial charge in [0, 0.05) is 13.3 Å². The van der Waals surface area contributed by atoms with E-state index in [-0.39, 0.29) is 5.56 Å². The van der Waals surface area contributed by atoms with Gasteiger partial charge in [-0.25, -0.2) is 4.79 Å². The Balaban J connectivity index is 2.38. The van der Waals surface area contributed by atoms with E-state index in [1.54, 1.807) is 12.1 Å².